The van der Waals surface area contributed by atoms with E-state index in [1.165, 1.54) is 25.7 Å². The highest BCUT2D eigenvalue weighted by Gasteiger charge is 2.37. The quantitative estimate of drug-likeness (QED) is 0.599. The van der Waals surface area contributed by atoms with Crippen molar-refractivity contribution in [1.29, 1.82) is 0 Å². The Morgan fingerprint density at radius 1 is 1.31 bits per heavy atom. The number of nitrogens with two attached hydrogens (primary N) is 1. The number of hydrogen-bond donors (Lipinski definition) is 2. The first-order chi connectivity index (χ1) is 7.79. The van der Waals surface area contributed by atoms with E-state index in [2.05, 4.69) is 11.8 Å². The van der Waals surface area contributed by atoms with E-state index in [1.54, 1.807) is 0 Å². The maximum Gasteiger partial charge on any atom is 0.0698 e. The molecule has 0 heterocycles. The van der Waals surface area contributed by atoms with E-state index in [1.807, 2.05) is 0 Å². The summed E-state index contributed by atoms with van der Waals surface area (Å²) in [7, 11) is 0. The lowest BCUT2D eigenvalue weighted by Crippen LogP contribution is -2.53. The van der Waals surface area contributed by atoms with Crippen molar-refractivity contribution in [2.24, 2.45) is 5.73 Å². The molecule has 0 aliphatic heterocycles. The molecule has 1 aliphatic carbocycles. The van der Waals surface area contributed by atoms with Crippen molar-refractivity contribution in [2.45, 2.75) is 38.1 Å². The topological polar surface area (TPSA) is 58.7 Å². The number of hydrogen-bond acceptors (Lipinski definition) is 4. The Morgan fingerprint density at radius 3 is 2.50 bits per heavy atom. The zero-order chi connectivity index (χ0) is 11.9. The minimum absolute atomic E-state index is 0.105. The van der Waals surface area contributed by atoms with E-state index >= 15 is 0 Å². The highest BCUT2D eigenvalue weighted by molar-refractivity contribution is 4.95. The Morgan fingerprint density at radius 2 is 2.00 bits per heavy atom. The van der Waals surface area contributed by atoms with Crippen molar-refractivity contribution in [3.8, 4) is 0 Å². The summed E-state index contributed by atoms with van der Waals surface area (Å²) >= 11 is 0. The van der Waals surface area contributed by atoms with Crippen LogP contribution in [0.3, 0.4) is 0 Å². The lowest BCUT2D eigenvalue weighted by atomic mass is 9.95. The largest absolute Gasteiger partial charge is 0.394 e. The smallest absolute Gasteiger partial charge is 0.0698 e. The van der Waals surface area contributed by atoms with Crippen LogP contribution < -0.4 is 5.73 Å². The molecule has 0 aromatic rings. The molecule has 0 bridgehead atoms. The Hall–Kier alpha value is -0.160. The van der Waals surface area contributed by atoms with Gasteiger partial charge in [0.15, 0.2) is 0 Å². The van der Waals surface area contributed by atoms with Gasteiger partial charge in [0.1, 0.15) is 0 Å². The summed E-state index contributed by atoms with van der Waals surface area (Å²) in [5.41, 5.74) is 6.17. The van der Waals surface area contributed by atoms with Gasteiger partial charge in [-0.05, 0) is 19.4 Å². The number of ether oxygens (including phenoxy) is 1. The second kappa shape index (κ2) is 7.22. The first-order valence-electron chi connectivity index (χ1n) is 6.43. The van der Waals surface area contributed by atoms with Crippen LogP contribution in [0.25, 0.3) is 0 Å². The highest BCUT2D eigenvalue weighted by atomic mass is 16.5. The monoisotopic (exact) mass is 230 g/mol. The molecule has 1 aliphatic rings. The molecule has 1 saturated carbocycles. The van der Waals surface area contributed by atoms with E-state index < -0.39 is 0 Å². The van der Waals surface area contributed by atoms with E-state index in [-0.39, 0.29) is 12.1 Å². The summed E-state index contributed by atoms with van der Waals surface area (Å²) in [5, 5.41) is 8.64. The summed E-state index contributed by atoms with van der Waals surface area (Å²) in [5.74, 6) is 0. The van der Waals surface area contributed by atoms with Crippen molar-refractivity contribution in [3.05, 3.63) is 0 Å². The maximum atomic E-state index is 8.64. The summed E-state index contributed by atoms with van der Waals surface area (Å²) in [6.07, 6.45) is 5.03. The van der Waals surface area contributed by atoms with Gasteiger partial charge in [0.2, 0.25) is 0 Å². The average molecular weight is 230 g/mol. The molecule has 0 unspecified atom stereocenters. The van der Waals surface area contributed by atoms with Crippen LogP contribution in [0.15, 0.2) is 0 Å². The molecule has 4 nitrogen and oxygen atoms in total. The van der Waals surface area contributed by atoms with Gasteiger partial charge >= 0.3 is 0 Å². The Bertz CT molecular complexity index is 182. The molecule has 0 aromatic heterocycles. The van der Waals surface area contributed by atoms with Crippen LogP contribution in [-0.2, 0) is 4.74 Å². The average Bonchev–Trinajstić information content (AvgIpc) is 2.79. The zero-order valence-electron chi connectivity index (χ0n) is 10.5. The van der Waals surface area contributed by atoms with Gasteiger partial charge in [-0.2, -0.15) is 0 Å². The van der Waals surface area contributed by atoms with Crippen molar-refractivity contribution < 1.29 is 9.84 Å². The van der Waals surface area contributed by atoms with E-state index in [9.17, 15) is 0 Å². The fourth-order valence-electron chi connectivity index (χ4n) is 2.75. The first-order valence-corrected chi connectivity index (χ1v) is 6.43. The summed E-state index contributed by atoms with van der Waals surface area (Å²) < 4.78 is 5.33. The molecule has 0 spiro atoms. The molecule has 0 aromatic carbocycles. The Kier molecular flexibility index (Phi) is 6.28. The van der Waals surface area contributed by atoms with Crippen LogP contribution in [0.4, 0.5) is 0 Å². The predicted octanol–water partition coefficient (Wildman–Crippen LogP) is 0.589. The van der Waals surface area contributed by atoms with Crippen LogP contribution in [-0.4, -0.2) is 55.0 Å². The normalized spacial score (nSPS) is 19.5. The molecule has 16 heavy (non-hydrogen) atoms. The van der Waals surface area contributed by atoms with Crippen LogP contribution in [0.2, 0.25) is 0 Å². The lowest BCUT2D eigenvalue weighted by Gasteiger charge is -2.40. The second-order valence-electron chi connectivity index (χ2n) is 4.55. The van der Waals surface area contributed by atoms with Crippen molar-refractivity contribution in [1.82, 2.24) is 4.90 Å². The van der Waals surface area contributed by atoms with E-state index in [0.29, 0.717) is 13.2 Å². The number of aliphatic hydroxyl groups is 1. The summed E-state index contributed by atoms with van der Waals surface area (Å²) in [6.45, 7) is 6.12. The highest BCUT2D eigenvalue weighted by Crippen LogP contribution is 2.34. The minimum Gasteiger partial charge on any atom is -0.394 e. The third-order valence-electron chi connectivity index (χ3n) is 3.71. The molecule has 0 atom stereocenters. The van der Waals surface area contributed by atoms with Gasteiger partial charge in [0.05, 0.1) is 19.8 Å². The number of likely N-dealkylation sites (N-methyl/N-ethyl adjacent to an activating group) is 1. The van der Waals surface area contributed by atoms with Gasteiger partial charge in [0, 0.05) is 18.6 Å². The fourth-order valence-corrected chi connectivity index (χ4v) is 2.75. The predicted molar refractivity (Wildman–Crippen MR) is 65.4 cm³/mol. The van der Waals surface area contributed by atoms with Crippen LogP contribution in [0, 0.1) is 0 Å². The summed E-state index contributed by atoms with van der Waals surface area (Å²) in [4.78, 5) is 2.46. The lowest BCUT2D eigenvalue weighted by molar-refractivity contribution is 0.0383. The second-order valence-corrected chi connectivity index (χ2v) is 4.55. The molecule has 4 heteroatoms. The van der Waals surface area contributed by atoms with Crippen molar-refractivity contribution in [3.63, 3.8) is 0 Å². The van der Waals surface area contributed by atoms with Crippen LogP contribution in [0.1, 0.15) is 32.6 Å². The Balaban J connectivity index is 2.38. The standard InChI is InChI=1S/C12H26N2O2/c1-2-14(7-9-16-10-8-15)12(11-13)5-3-4-6-12/h15H,2-11,13H2,1H3. The first kappa shape index (κ1) is 13.9. The maximum absolute atomic E-state index is 8.64. The van der Waals surface area contributed by atoms with Gasteiger partial charge in [-0.15, -0.1) is 0 Å². The number of aliphatic hydroxyl groups excluding tert-OH is 1. The third-order valence-corrected chi connectivity index (χ3v) is 3.71. The SMILES string of the molecule is CCN(CCOCCO)C1(CN)CCCC1. The summed E-state index contributed by atoms with van der Waals surface area (Å²) in [6, 6.07) is 0. The van der Waals surface area contributed by atoms with Crippen LogP contribution in [0.5, 0.6) is 0 Å². The molecule has 0 saturated heterocycles. The van der Waals surface area contributed by atoms with Crippen molar-refractivity contribution >= 4 is 0 Å². The molecule has 96 valence electrons. The zero-order valence-corrected chi connectivity index (χ0v) is 10.5. The molecule has 1 rings (SSSR count). The molecule has 3 N–H and O–H groups in total. The van der Waals surface area contributed by atoms with Crippen LogP contribution >= 0.6 is 0 Å². The molecular formula is C12H26N2O2. The van der Waals surface area contributed by atoms with Gasteiger partial charge < -0.3 is 15.6 Å². The molecule has 0 radical (unpaired) electrons. The molecule has 0 amide bonds. The fraction of sp³-hybridized carbons (Fsp3) is 1.00. The van der Waals surface area contributed by atoms with E-state index in [4.69, 9.17) is 15.6 Å². The number of rotatable bonds is 8. The minimum atomic E-state index is 0.105. The van der Waals surface area contributed by atoms with Gasteiger partial charge in [-0.25, -0.2) is 0 Å². The molecule has 1 fully saturated rings. The van der Waals surface area contributed by atoms with E-state index in [0.717, 1.165) is 19.6 Å². The van der Waals surface area contributed by atoms with Crippen molar-refractivity contribution in [2.75, 3.05) is 39.5 Å². The van der Waals surface area contributed by atoms with Gasteiger partial charge in [0.25, 0.3) is 0 Å². The third kappa shape index (κ3) is 3.42. The number of nitrogens with zero attached hydrogens (tertiary/aromatic N) is 1. The van der Waals surface area contributed by atoms with Gasteiger partial charge in [-0.3, -0.25) is 4.90 Å². The van der Waals surface area contributed by atoms with Gasteiger partial charge in [-0.1, -0.05) is 19.8 Å². The Labute approximate surface area is 98.8 Å². The molecular weight excluding hydrogens is 204 g/mol.